The summed E-state index contributed by atoms with van der Waals surface area (Å²) in [6.07, 6.45) is -0.964. The van der Waals surface area contributed by atoms with Crippen molar-refractivity contribution in [2.24, 2.45) is 5.18 Å². The van der Waals surface area contributed by atoms with Crippen LogP contribution in [0.25, 0.3) is 0 Å². The molecule has 0 N–H and O–H groups in total. The molecule has 0 saturated carbocycles. The quantitative estimate of drug-likeness (QED) is 0.209. The van der Waals surface area contributed by atoms with Gasteiger partial charge in [0.15, 0.2) is 28.9 Å². The Hall–Kier alpha value is -1.96. The number of ether oxygens (including phenoxy) is 1. The van der Waals surface area contributed by atoms with Crippen LogP contribution in [-0.2, 0) is 9.53 Å². The summed E-state index contributed by atoms with van der Waals surface area (Å²) >= 11 is 5.16. The second kappa shape index (κ2) is 6.47. The lowest BCUT2D eigenvalue weighted by Gasteiger charge is -2.08. The summed E-state index contributed by atoms with van der Waals surface area (Å²) in [5.74, 6) is -7.68. The van der Waals surface area contributed by atoms with Crippen LogP contribution in [0.15, 0.2) is 5.18 Å². The van der Waals surface area contributed by atoms with Gasteiger partial charge < -0.3 is 4.74 Å². The summed E-state index contributed by atoms with van der Waals surface area (Å²) in [6, 6.07) is 0. The van der Waals surface area contributed by atoms with Crippen LogP contribution in [0.3, 0.4) is 0 Å². The molecule has 0 amide bonds. The molecule has 0 spiro atoms. The molecule has 0 radical (unpaired) electrons. The van der Waals surface area contributed by atoms with Gasteiger partial charge in [-0.1, -0.05) is 11.6 Å². The van der Waals surface area contributed by atoms with Crippen molar-refractivity contribution in [3.63, 3.8) is 0 Å². The van der Waals surface area contributed by atoms with Crippen molar-refractivity contribution in [2.75, 3.05) is 6.61 Å². The predicted molar refractivity (Wildman–Crippen MR) is 62.4 cm³/mol. The maximum Gasteiger partial charge on any atom is 0.313 e. The van der Waals surface area contributed by atoms with E-state index in [0.29, 0.717) is 0 Å². The summed E-state index contributed by atoms with van der Waals surface area (Å²) in [5.41, 5.74) is -2.56. The average molecular weight is 310 g/mol. The number of carbonyl (C=O) groups excluding carboxylic acids is 2. The molecule has 9 heteroatoms. The summed E-state index contributed by atoms with van der Waals surface area (Å²) in [7, 11) is 0. The smallest absolute Gasteiger partial charge is 0.313 e. The number of ketones is 1. The topological polar surface area (TPSA) is 72.8 Å². The van der Waals surface area contributed by atoms with Crippen LogP contribution in [0.5, 0.6) is 0 Å². The molecule has 0 aliphatic carbocycles. The van der Waals surface area contributed by atoms with Gasteiger partial charge in [-0.2, -0.15) is 0 Å². The number of carbonyl (C=O) groups is 2. The summed E-state index contributed by atoms with van der Waals surface area (Å²) in [4.78, 5) is 33.2. The molecule has 5 nitrogen and oxygen atoms in total. The van der Waals surface area contributed by atoms with Crippen molar-refractivity contribution >= 4 is 29.0 Å². The van der Waals surface area contributed by atoms with E-state index in [1.807, 2.05) is 0 Å². The van der Waals surface area contributed by atoms with Crippen LogP contribution >= 0.6 is 11.6 Å². The fraction of sp³-hybridized carbons (Fsp3) is 0.273. The highest BCUT2D eigenvalue weighted by molar-refractivity contribution is 6.31. The number of halogens is 4. The van der Waals surface area contributed by atoms with Gasteiger partial charge in [-0.15, -0.1) is 4.91 Å². The van der Waals surface area contributed by atoms with Gasteiger partial charge in [-0.05, 0) is 12.1 Å². The number of Topliss-reactive ketones (excluding diaryl/α,β-unsaturated/α-hetero) is 1. The van der Waals surface area contributed by atoms with Gasteiger partial charge >= 0.3 is 5.97 Å². The normalized spacial score (nSPS) is 10.2. The highest BCUT2D eigenvalue weighted by Gasteiger charge is 2.30. The third-order valence-corrected chi connectivity index (χ3v) is 2.55. The monoisotopic (exact) mass is 309 g/mol. The Bertz CT molecular complexity index is 592. The standard InChI is InChI=1S/C11H7ClF3NO4/c1-2-20-5(18)3-4(17)6-8(13)7(12)9(14)10(15)11(6)16-19/h2-3H2,1H3. The number of nitrogens with zero attached hydrogens (tertiary/aromatic N) is 1. The highest BCUT2D eigenvalue weighted by atomic mass is 35.5. The van der Waals surface area contributed by atoms with Crippen molar-refractivity contribution in [1.29, 1.82) is 0 Å². The minimum absolute atomic E-state index is 0.0358. The molecule has 0 aliphatic heterocycles. The van der Waals surface area contributed by atoms with Crippen molar-refractivity contribution in [3.05, 3.63) is 32.9 Å². The summed E-state index contributed by atoms with van der Waals surface area (Å²) in [5, 5.41) is 0.767. The minimum atomic E-state index is -1.86. The number of rotatable bonds is 5. The molecule has 0 bridgehead atoms. The maximum absolute atomic E-state index is 13.7. The first kappa shape index (κ1) is 16.1. The summed E-state index contributed by atoms with van der Waals surface area (Å²) < 4.78 is 44.6. The molecule has 0 fully saturated rings. The van der Waals surface area contributed by atoms with E-state index in [1.165, 1.54) is 6.92 Å². The second-order valence-electron chi connectivity index (χ2n) is 3.48. The molecule has 0 unspecified atom stereocenters. The molecule has 0 atom stereocenters. The Balaban J connectivity index is 3.33. The van der Waals surface area contributed by atoms with E-state index in [2.05, 4.69) is 9.91 Å². The lowest BCUT2D eigenvalue weighted by atomic mass is 10.0. The molecule has 1 aromatic rings. The molecule has 20 heavy (non-hydrogen) atoms. The van der Waals surface area contributed by atoms with Crippen LogP contribution in [0.1, 0.15) is 23.7 Å². The number of nitroso groups, excluding NO2 is 1. The fourth-order valence-corrected chi connectivity index (χ4v) is 1.57. The third kappa shape index (κ3) is 2.96. The molecular formula is C11H7ClF3NO4. The van der Waals surface area contributed by atoms with Crippen molar-refractivity contribution in [1.82, 2.24) is 0 Å². The predicted octanol–water partition coefficient (Wildman–Crippen LogP) is 3.29. The molecule has 0 heterocycles. The lowest BCUT2D eigenvalue weighted by Crippen LogP contribution is -2.14. The number of hydrogen-bond acceptors (Lipinski definition) is 5. The van der Waals surface area contributed by atoms with Crippen LogP contribution in [0.2, 0.25) is 5.02 Å². The zero-order valence-corrected chi connectivity index (χ0v) is 10.8. The fourth-order valence-electron chi connectivity index (χ4n) is 1.39. The minimum Gasteiger partial charge on any atom is -0.466 e. The van der Waals surface area contributed by atoms with Gasteiger partial charge in [-0.3, -0.25) is 9.59 Å². The molecule has 0 saturated heterocycles. The van der Waals surface area contributed by atoms with E-state index in [9.17, 15) is 27.7 Å². The Morgan fingerprint density at radius 2 is 1.80 bits per heavy atom. The first-order valence-electron chi connectivity index (χ1n) is 5.23. The first-order chi connectivity index (χ1) is 9.34. The molecule has 0 aliphatic rings. The van der Waals surface area contributed by atoms with Crippen molar-refractivity contribution < 1.29 is 27.5 Å². The van der Waals surface area contributed by atoms with Gasteiger partial charge in [-0.25, -0.2) is 13.2 Å². The average Bonchev–Trinajstić information content (AvgIpc) is 2.40. The van der Waals surface area contributed by atoms with Crippen molar-refractivity contribution in [2.45, 2.75) is 13.3 Å². The SMILES string of the molecule is CCOC(=O)CC(=O)c1c(F)c(Cl)c(F)c(F)c1N=O. The highest BCUT2D eigenvalue weighted by Crippen LogP contribution is 2.34. The number of esters is 1. The Labute approximate surface area is 115 Å². The Morgan fingerprint density at radius 1 is 1.20 bits per heavy atom. The zero-order valence-electron chi connectivity index (χ0n) is 10.0. The molecule has 1 aromatic carbocycles. The van der Waals surface area contributed by atoms with E-state index in [-0.39, 0.29) is 6.61 Å². The molecule has 108 valence electrons. The van der Waals surface area contributed by atoms with Gasteiger partial charge in [0.25, 0.3) is 0 Å². The van der Waals surface area contributed by atoms with E-state index in [0.717, 1.165) is 0 Å². The number of benzene rings is 1. The van der Waals surface area contributed by atoms with Crippen LogP contribution in [0, 0.1) is 22.4 Å². The van der Waals surface area contributed by atoms with E-state index >= 15 is 0 Å². The largest absolute Gasteiger partial charge is 0.466 e. The van der Waals surface area contributed by atoms with Gasteiger partial charge in [0.2, 0.25) is 0 Å². The molecule has 1 rings (SSSR count). The van der Waals surface area contributed by atoms with Crippen LogP contribution in [-0.4, -0.2) is 18.4 Å². The Morgan fingerprint density at radius 3 is 2.30 bits per heavy atom. The molecule has 0 aromatic heterocycles. The Kier molecular flexibility index (Phi) is 5.20. The van der Waals surface area contributed by atoms with Crippen molar-refractivity contribution in [3.8, 4) is 0 Å². The van der Waals surface area contributed by atoms with Gasteiger partial charge in [0, 0.05) is 0 Å². The van der Waals surface area contributed by atoms with Gasteiger partial charge in [0.05, 0.1) is 12.2 Å². The van der Waals surface area contributed by atoms with Crippen LogP contribution in [0.4, 0.5) is 18.9 Å². The maximum atomic E-state index is 13.7. The van der Waals surface area contributed by atoms with Gasteiger partial charge in [0.1, 0.15) is 11.4 Å². The van der Waals surface area contributed by atoms with E-state index in [1.54, 1.807) is 0 Å². The second-order valence-corrected chi connectivity index (χ2v) is 3.85. The zero-order chi connectivity index (χ0) is 15.4. The third-order valence-electron chi connectivity index (χ3n) is 2.22. The molecular weight excluding hydrogens is 303 g/mol. The summed E-state index contributed by atoms with van der Waals surface area (Å²) in [6.45, 7) is 1.43. The van der Waals surface area contributed by atoms with E-state index < -0.39 is 51.9 Å². The number of hydrogen-bond donors (Lipinski definition) is 0. The lowest BCUT2D eigenvalue weighted by molar-refractivity contribution is -0.141. The first-order valence-corrected chi connectivity index (χ1v) is 5.61. The van der Waals surface area contributed by atoms with Crippen LogP contribution < -0.4 is 0 Å². The van der Waals surface area contributed by atoms with E-state index in [4.69, 9.17) is 11.6 Å².